The van der Waals surface area contributed by atoms with Gasteiger partial charge in [-0.2, -0.15) is 0 Å². The van der Waals surface area contributed by atoms with Crippen molar-refractivity contribution in [2.24, 2.45) is 11.8 Å². The fourth-order valence-electron chi connectivity index (χ4n) is 4.10. The van der Waals surface area contributed by atoms with Crippen LogP contribution in [0.4, 0.5) is 14.5 Å². The number of nitrogens with one attached hydrogen (secondary N) is 1. The average molecular weight is 438 g/mol. The third kappa shape index (κ3) is 4.44. The van der Waals surface area contributed by atoms with Crippen LogP contribution in [-0.2, 0) is 23.9 Å². The SMILES string of the molecule is O=C(COC(=O)CCN1C(=O)[C@H]2CCCC[C@H]2C1=O)Nc1ccc2c(c1)OC(F)(F)O2. The smallest absolute Gasteiger partial charge is 0.456 e. The van der Waals surface area contributed by atoms with E-state index in [1.165, 1.54) is 12.1 Å². The van der Waals surface area contributed by atoms with E-state index in [0.29, 0.717) is 12.8 Å². The number of hydrogen-bond donors (Lipinski definition) is 1. The fourth-order valence-corrected chi connectivity index (χ4v) is 4.10. The Morgan fingerprint density at radius 1 is 1.10 bits per heavy atom. The average Bonchev–Trinajstić information content (AvgIpc) is 3.17. The number of carbonyl (C=O) groups excluding carboxylic acids is 4. The minimum Gasteiger partial charge on any atom is -0.456 e. The Labute approximate surface area is 175 Å². The Kier molecular flexibility index (Phi) is 5.50. The van der Waals surface area contributed by atoms with Crippen molar-refractivity contribution in [3.63, 3.8) is 0 Å². The van der Waals surface area contributed by atoms with Crippen molar-refractivity contribution < 1.29 is 42.2 Å². The molecule has 4 rings (SSSR count). The molecule has 31 heavy (non-hydrogen) atoms. The molecule has 11 heteroatoms. The molecule has 2 heterocycles. The number of likely N-dealkylation sites (tertiary alicyclic amines) is 1. The minimum atomic E-state index is -3.77. The predicted molar refractivity (Wildman–Crippen MR) is 99.0 cm³/mol. The number of carbonyl (C=O) groups is 4. The molecule has 2 fully saturated rings. The van der Waals surface area contributed by atoms with Crippen molar-refractivity contribution in [1.82, 2.24) is 4.90 Å². The van der Waals surface area contributed by atoms with Crippen LogP contribution in [-0.4, -0.2) is 48.0 Å². The van der Waals surface area contributed by atoms with Crippen molar-refractivity contribution in [1.29, 1.82) is 0 Å². The minimum absolute atomic E-state index is 0.0819. The van der Waals surface area contributed by atoms with Crippen LogP contribution < -0.4 is 14.8 Å². The molecular weight excluding hydrogens is 418 g/mol. The summed E-state index contributed by atoms with van der Waals surface area (Å²) in [6.45, 7) is -0.696. The van der Waals surface area contributed by atoms with Crippen molar-refractivity contribution >= 4 is 29.4 Å². The maximum absolute atomic E-state index is 13.0. The molecule has 2 atom stereocenters. The molecule has 1 saturated carbocycles. The van der Waals surface area contributed by atoms with Gasteiger partial charge in [-0.1, -0.05) is 12.8 Å². The summed E-state index contributed by atoms with van der Waals surface area (Å²) in [5.41, 5.74) is 0.150. The Bertz CT molecular complexity index is 912. The lowest BCUT2D eigenvalue weighted by molar-refractivity contribution is -0.286. The first-order valence-corrected chi connectivity index (χ1v) is 9.94. The summed E-state index contributed by atoms with van der Waals surface area (Å²) in [6.07, 6.45) is -0.782. The van der Waals surface area contributed by atoms with Crippen LogP contribution >= 0.6 is 0 Å². The Balaban J connectivity index is 1.22. The highest BCUT2D eigenvalue weighted by atomic mass is 19.3. The number of esters is 1. The quantitative estimate of drug-likeness (QED) is 0.535. The normalized spacial score (nSPS) is 23.5. The van der Waals surface area contributed by atoms with E-state index in [1.807, 2.05) is 0 Å². The first kappa shape index (κ1) is 21.0. The third-order valence-corrected chi connectivity index (χ3v) is 5.52. The number of alkyl halides is 2. The molecular formula is C20H20F2N2O7. The number of nitrogens with zero attached hydrogens (tertiary/aromatic N) is 1. The first-order valence-electron chi connectivity index (χ1n) is 9.94. The number of imide groups is 1. The molecule has 9 nitrogen and oxygen atoms in total. The molecule has 1 aromatic rings. The molecule has 1 aromatic carbocycles. The van der Waals surface area contributed by atoms with Crippen LogP contribution in [0.1, 0.15) is 32.1 Å². The summed E-state index contributed by atoms with van der Waals surface area (Å²) < 4.78 is 39.5. The molecule has 3 aliphatic rings. The summed E-state index contributed by atoms with van der Waals surface area (Å²) in [5.74, 6) is -2.90. The van der Waals surface area contributed by atoms with Crippen molar-refractivity contribution in [2.75, 3.05) is 18.5 Å². The van der Waals surface area contributed by atoms with Crippen LogP contribution in [0, 0.1) is 11.8 Å². The number of fused-ring (bicyclic) bond motifs is 2. The summed E-state index contributed by atoms with van der Waals surface area (Å²) in [5, 5.41) is 2.38. The van der Waals surface area contributed by atoms with Crippen molar-refractivity contribution in [3.05, 3.63) is 18.2 Å². The number of hydrogen-bond acceptors (Lipinski definition) is 7. The molecule has 2 aliphatic heterocycles. The van der Waals surface area contributed by atoms with E-state index in [4.69, 9.17) is 4.74 Å². The van der Waals surface area contributed by atoms with E-state index >= 15 is 0 Å². The Morgan fingerprint density at radius 2 is 1.74 bits per heavy atom. The van der Waals surface area contributed by atoms with Gasteiger partial charge in [-0.3, -0.25) is 24.1 Å². The Morgan fingerprint density at radius 3 is 2.42 bits per heavy atom. The van der Waals surface area contributed by atoms with E-state index in [2.05, 4.69) is 14.8 Å². The molecule has 0 unspecified atom stereocenters. The fraction of sp³-hybridized carbons (Fsp3) is 0.500. The largest absolute Gasteiger partial charge is 0.586 e. The molecule has 1 saturated heterocycles. The number of amides is 3. The first-order chi connectivity index (χ1) is 14.7. The zero-order valence-corrected chi connectivity index (χ0v) is 16.4. The molecule has 0 bridgehead atoms. The summed E-state index contributed by atoms with van der Waals surface area (Å²) in [6, 6.07) is 3.69. The zero-order valence-electron chi connectivity index (χ0n) is 16.4. The lowest BCUT2D eigenvalue weighted by atomic mass is 9.81. The van der Waals surface area contributed by atoms with E-state index < -0.39 is 24.8 Å². The van der Waals surface area contributed by atoms with E-state index in [1.54, 1.807) is 0 Å². The van der Waals surface area contributed by atoms with Gasteiger partial charge in [0.1, 0.15) is 0 Å². The van der Waals surface area contributed by atoms with Gasteiger partial charge in [0.15, 0.2) is 18.1 Å². The summed E-state index contributed by atoms with van der Waals surface area (Å²) in [7, 11) is 0. The van der Waals surface area contributed by atoms with Crippen LogP contribution in [0.15, 0.2) is 18.2 Å². The standard InChI is InChI=1S/C20H20F2N2O7/c21-20(22)30-14-6-5-11(9-15(14)31-20)23-16(25)10-29-17(26)7-8-24-18(27)12-3-1-2-4-13(12)19(24)28/h5-6,9,12-13H,1-4,7-8,10H2,(H,23,25)/t12-,13+. The zero-order chi connectivity index (χ0) is 22.2. The van der Waals surface area contributed by atoms with Crippen molar-refractivity contribution in [2.45, 2.75) is 38.4 Å². The van der Waals surface area contributed by atoms with Gasteiger partial charge in [0.2, 0.25) is 11.8 Å². The van der Waals surface area contributed by atoms with Gasteiger partial charge in [0, 0.05) is 18.3 Å². The van der Waals surface area contributed by atoms with E-state index in [0.717, 1.165) is 23.8 Å². The van der Waals surface area contributed by atoms with E-state index in [9.17, 15) is 28.0 Å². The van der Waals surface area contributed by atoms with Gasteiger partial charge in [-0.25, -0.2) is 0 Å². The highest BCUT2D eigenvalue weighted by Crippen LogP contribution is 2.42. The van der Waals surface area contributed by atoms with E-state index in [-0.39, 0.29) is 53.8 Å². The second-order valence-electron chi connectivity index (χ2n) is 7.61. The third-order valence-electron chi connectivity index (χ3n) is 5.52. The lowest BCUT2D eigenvalue weighted by Crippen LogP contribution is -2.33. The maximum Gasteiger partial charge on any atom is 0.586 e. The second-order valence-corrected chi connectivity index (χ2v) is 7.61. The number of ether oxygens (including phenoxy) is 3. The topological polar surface area (TPSA) is 111 Å². The van der Waals surface area contributed by atoms with Crippen LogP contribution in [0.5, 0.6) is 11.5 Å². The predicted octanol–water partition coefficient (Wildman–Crippen LogP) is 2.06. The molecule has 1 N–H and O–H groups in total. The molecule has 3 amide bonds. The number of halogens is 2. The molecule has 1 aliphatic carbocycles. The van der Waals surface area contributed by atoms with Gasteiger partial charge < -0.3 is 19.5 Å². The number of anilines is 1. The van der Waals surface area contributed by atoms with Gasteiger partial charge in [-0.15, -0.1) is 8.78 Å². The molecule has 0 aromatic heterocycles. The van der Waals surface area contributed by atoms with Crippen LogP contribution in [0.2, 0.25) is 0 Å². The number of benzene rings is 1. The molecule has 166 valence electrons. The van der Waals surface area contributed by atoms with Gasteiger partial charge in [-0.05, 0) is 25.0 Å². The maximum atomic E-state index is 13.0. The summed E-state index contributed by atoms with van der Waals surface area (Å²) >= 11 is 0. The summed E-state index contributed by atoms with van der Waals surface area (Å²) in [4.78, 5) is 49.8. The lowest BCUT2D eigenvalue weighted by Gasteiger charge is -2.19. The molecule has 0 radical (unpaired) electrons. The highest BCUT2D eigenvalue weighted by Gasteiger charge is 2.48. The molecule has 0 spiro atoms. The number of rotatable bonds is 6. The van der Waals surface area contributed by atoms with Crippen molar-refractivity contribution in [3.8, 4) is 11.5 Å². The van der Waals surface area contributed by atoms with Gasteiger partial charge in [0.05, 0.1) is 18.3 Å². The second kappa shape index (κ2) is 8.12. The van der Waals surface area contributed by atoms with Gasteiger partial charge >= 0.3 is 12.3 Å². The van der Waals surface area contributed by atoms with Gasteiger partial charge in [0.25, 0.3) is 5.91 Å². The monoisotopic (exact) mass is 438 g/mol. The van der Waals surface area contributed by atoms with Crippen LogP contribution in [0.25, 0.3) is 0 Å². The van der Waals surface area contributed by atoms with Crippen LogP contribution in [0.3, 0.4) is 0 Å². The highest BCUT2D eigenvalue weighted by molar-refractivity contribution is 6.05. The Hall–Kier alpha value is -3.24.